The molecule has 5 N–H and O–H groups in total. The van der Waals surface area contributed by atoms with E-state index in [1.807, 2.05) is 0 Å². The number of aliphatic hydroxyl groups excluding tert-OH is 4. The minimum atomic E-state index is -1.11. The smallest absolute Gasteiger partial charge is 0.314 e. The molecule has 0 unspecified atom stereocenters. The molecule has 0 heterocycles. The largest absolute Gasteiger partial charge is 0.481 e. The Kier molecular flexibility index (Phi) is 19.2. The molecule has 174 valence electrons. The number of rotatable bonds is 17. The maximum atomic E-state index is 11.1. The van der Waals surface area contributed by atoms with Crippen LogP contribution in [0, 0.1) is 10.8 Å². The van der Waals surface area contributed by atoms with Gasteiger partial charge in [-0.15, -0.1) is 0 Å². The van der Waals surface area contributed by atoms with Gasteiger partial charge in [-0.2, -0.15) is 0 Å². The van der Waals surface area contributed by atoms with Crippen LogP contribution in [-0.4, -0.2) is 62.8 Å². The van der Waals surface area contributed by atoms with Crippen molar-refractivity contribution in [1.82, 2.24) is 0 Å². The first kappa shape index (κ1) is 30.6. The topological polar surface area (TPSA) is 118 Å². The highest BCUT2D eigenvalue weighted by atomic mass is 32.1. The Morgan fingerprint density at radius 3 is 1.34 bits per heavy atom. The number of carboxylic acid groups (broad SMARTS) is 1. The maximum Gasteiger partial charge on any atom is 0.314 e. The molecule has 7 heteroatoms. The van der Waals surface area contributed by atoms with Gasteiger partial charge in [-0.25, -0.2) is 0 Å². The van der Waals surface area contributed by atoms with Crippen molar-refractivity contribution in [2.45, 2.75) is 91.4 Å². The van der Waals surface area contributed by atoms with Crippen molar-refractivity contribution in [3.8, 4) is 0 Å². The molecule has 0 aromatic heterocycles. The number of thiocarbonyl (C=S) groups is 1. The number of carboxylic acids is 1. The molecule has 0 atom stereocenters. The highest BCUT2D eigenvalue weighted by Crippen LogP contribution is 2.22. The summed E-state index contributed by atoms with van der Waals surface area (Å²) in [6, 6.07) is 0. The summed E-state index contributed by atoms with van der Waals surface area (Å²) in [5, 5.41) is 43.1. The first-order valence-corrected chi connectivity index (χ1v) is 11.3. The molecule has 0 aliphatic carbocycles. The van der Waals surface area contributed by atoms with Crippen molar-refractivity contribution in [1.29, 1.82) is 0 Å². The van der Waals surface area contributed by atoms with Crippen molar-refractivity contribution < 1.29 is 30.3 Å². The minimum Gasteiger partial charge on any atom is -0.481 e. The van der Waals surface area contributed by atoms with Gasteiger partial charge in [0.1, 0.15) is 0 Å². The summed E-state index contributed by atoms with van der Waals surface area (Å²) in [5.41, 5.74) is -1.96. The number of aliphatic carboxylic acids is 1. The van der Waals surface area contributed by atoms with Crippen LogP contribution in [0.4, 0.5) is 0 Å². The first-order chi connectivity index (χ1) is 13.7. The van der Waals surface area contributed by atoms with E-state index in [1.54, 1.807) is 13.8 Å². The number of hydrogen-bond acceptors (Lipinski definition) is 6. The van der Waals surface area contributed by atoms with Crippen LogP contribution >= 0.6 is 12.2 Å². The van der Waals surface area contributed by atoms with E-state index in [4.69, 9.17) is 37.8 Å². The third-order valence-corrected chi connectivity index (χ3v) is 6.05. The molecule has 0 aromatic rings. The molecule has 0 saturated carbocycles. The summed E-state index contributed by atoms with van der Waals surface area (Å²) in [6.45, 7) is 4.03. The molecule has 6 nitrogen and oxygen atoms in total. The van der Waals surface area contributed by atoms with Crippen LogP contribution in [-0.2, 0) is 4.79 Å². The van der Waals surface area contributed by atoms with Crippen LogP contribution in [0.15, 0.2) is 0 Å². The van der Waals surface area contributed by atoms with Crippen molar-refractivity contribution in [2.75, 3.05) is 26.4 Å². The Morgan fingerprint density at radius 1 is 0.724 bits per heavy atom. The molecule has 0 aromatic carbocycles. The maximum absolute atomic E-state index is 11.1. The second kappa shape index (κ2) is 18.2. The fourth-order valence-electron chi connectivity index (χ4n) is 2.50. The second-order valence-electron chi connectivity index (χ2n) is 8.42. The van der Waals surface area contributed by atoms with Gasteiger partial charge in [0, 0.05) is 4.86 Å². The fourth-order valence-corrected chi connectivity index (χ4v) is 2.74. The number of unbranched alkanes of at least 4 members (excludes halogenated alkanes) is 9. The van der Waals surface area contributed by atoms with Crippen LogP contribution in [0.3, 0.4) is 0 Å². The zero-order chi connectivity index (χ0) is 22.8. The predicted molar refractivity (Wildman–Crippen MR) is 121 cm³/mol. The van der Waals surface area contributed by atoms with E-state index in [0.29, 0.717) is 4.86 Å². The van der Waals surface area contributed by atoms with Gasteiger partial charge in [0.2, 0.25) is 0 Å². The van der Waals surface area contributed by atoms with Gasteiger partial charge in [-0.05, 0) is 26.7 Å². The summed E-state index contributed by atoms with van der Waals surface area (Å²) in [5.74, 6) is -0.811. The molecule has 0 rings (SSSR count). The molecule has 0 aliphatic rings. The van der Waals surface area contributed by atoms with Gasteiger partial charge in [-0.1, -0.05) is 76.9 Å². The summed E-state index contributed by atoms with van der Waals surface area (Å²) in [7, 11) is 0. The van der Waals surface area contributed by atoms with Gasteiger partial charge in [0.05, 0.1) is 37.3 Å². The normalized spacial score (nSPS) is 11.7. The molecular weight excluding hydrogens is 392 g/mol. The van der Waals surface area contributed by atoms with E-state index in [2.05, 4.69) is 6.92 Å². The number of hydrogen-bond donors (Lipinski definition) is 5. The lowest BCUT2D eigenvalue weighted by atomic mass is 9.86. The lowest BCUT2D eigenvalue weighted by Crippen LogP contribution is -2.37. The SMILES string of the molecule is CCCCCCCCCCCCC(=S)C(C)(C)C(=O)O.OCC(CO)(CO)CO. The third kappa shape index (κ3) is 14.1. The van der Waals surface area contributed by atoms with Gasteiger partial charge in [0.15, 0.2) is 0 Å². The van der Waals surface area contributed by atoms with Gasteiger partial charge >= 0.3 is 5.97 Å². The van der Waals surface area contributed by atoms with E-state index in [1.165, 1.54) is 57.8 Å². The monoisotopic (exact) mass is 436 g/mol. The average molecular weight is 437 g/mol. The van der Waals surface area contributed by atoms with Crippen LogP contribution in [0.5, 0.6) is 0 Å². The van der Waals surface area contributed by atoms with Crippen LogP contribution in [0.1, 0.15) is 91.4 Å². The Balaban J connectivity index is 0. The average Bonchev–Trinajstić information content (AvgIpc) is 2.71. The van der Waals surface area contributed by atoms with E-state index in [9.17, 15) is 4.79 Å². The third-order valence-electron chi connectivity index (χ3n) is 5.33. The van der Waals surface area contributed by atoms with Crippen molar-refractivity contribution >= 4 is 23.1 Å². The van der Waals surface area contributed by atoms with Crippen molar-refractivity contribution in [2.24, 2.45) is 10.8 Å². The molecule has 0 aliphatic heterocycles. The zero-order valence-corrected chi connectivity index (χ0v) is 19.5. The summed E-state index contributed by atoms with van der Waals surface area (Å²) >= 11 is 5.25. The molecular formula is C22H44O6S. The molecule has 0 radical (unpaired) electrons. The van der Waals surface area contributed by atoms with E-state index < -0.39 is 43.2 Å². The highest BCUT2D eigenvalue weighted by molar-refractivity contribution is 7.80. The summed E-state index contributed by atoms with van der Waals surface area (Å²) in [4.78, 5) is 11.7. The number of carbonyl (C=O) groups is 1. The molecule has 0 amide bonds. The van der Waals surface area contributed by atoms with Crippen LogP contribution in [0.25, 0.3) is 0 Å². The lowest BCUT2D eigenvalue weighted by Gasteiger charge is -2.23. The predicted octanol–water partition coefficient (Wildman–Crippen LogP) is 3.72. The van der Waals surface area contributed by atoms with Crippen molar-refractivity contribution in [3.63, 3.8) is 0 Å². The van der Waals surface area contributed by atoms with Gasteiger partial charge in [0.25, 0.3) is 0 Å². The standard InChI is InChI=1S/C17H32O2S.C5H12O4/c1-4-5-6-7-8-9-10-11-12-13-14-15(20)17(2,3)16(18)19;6-1-5(2-7,3-8)4-9/h4-14H2,1-3H3,(H,18,19);6-9H,1-4H2. The summed E-state index contributed by atoms with van der Waals surface area (Å²) in [6.07, 6.45) is 13.7. The summed E-state index contributed by atoms with van der Waals surface area (Å²) < 4.78 is 0. The van der Waals surface area contributed by atoms with Gasteiger partial charge in [-0.3, -0.25) is 4.79 Å². The fraction of sp³-hybridized carbons (Fsp3) is 0.909. The van der Waals surface area contributed by atoms with Gasteiger partial charge < -0.3 is 25.5 Å². The van der Waals surface area contributed by atoms with Crippen LogP contribution < -0.4 is 0 Å². The quantitative estimate of drug-likeness (QED) is 0.174. The zero-order valence-electron chi connectivity index (χ0n) is 18.7. The first-order valence-electron chi connectivity index (χ1n) is 10.9. The second-order valence-corrected chi connectivity index (χ2v) is 8.91. The number of aliphatic hydroxyl groups is 4. The Labute approximate surface area is 182 Å². The minimum absolute atomic E-state index is 0.406. The molecule has 0 bridgehead atoms. The van der Waals surface area contributed by atoms with Crippen molar-refractivity contribution in [3.05, 3.63) is 0 Å². The molecule has 0 saturated heterocycles. The van der Waals surface area contributed by atoms with E-state index in [0.717, 1.165) is 12.8 Å². The Hall–Kier alpha value is -0.600. The Morgan fingerprint density at radius 2 is 1.07 bits per heavy atom. The highest BCUT2D eigenvalue weighted by Gasteiger charge is 2.31. The van der Waals surface area contributed by atoms with E-state index in [-0.39, 0.29) is 0 Å². The lowest BCUT2D eigenvalue weighted by molar-refractivity contribution is -0.143. The molecule has 0 spiro atoms. The molecule has 29 heavy (non-hydrogen) atoms. The Bertz CT molecular complexity index is 404. The van der Waals surface area contributed by atoms with Crippen LogP contribution in [0.2, 0.25) is 0 Å². The van der Waals surface area contributed by atoms with E-state index >= 15 is 0 Å². The molecule has 0 fully saturated rings.